The number of amides is 2. The summed E-state index contributed by atoms with van der Waals surface area (Å²) in [5.41, 5.74) is 2.82. The van der Waals surface area contributed by atoms with Gasteiger partial charge in [0.1, 0.15) is 0 Å². The van der Waals surface area contributed by atoms with Crippen LogP contribution in [0.5, 0.6) is 11.5 Å². The molecular formula is C17H21N3O4S. The van der Waals surface area contributed by atoms with Crippen molar-refractivity contribution in [3.63, 3.8) is 0 Å². The maximum absolute atomic E-state index is 11.3. The van der Waals surface area contributed by atoms with E-state index < -0.39 is 0 Å². The lowest BCUT2D eigenvalue weighted by atomic mass is 10.3. The summed E-state index contributed by atoms with van der Waals surface area (Å²) in [6.07, 6.45) is 1.36. The number of hydrogen-bond donors (Lipinski definition) is 1. The average molecular weight is 363 g/mol. The first-order valence-electron chi connectivity index (χ1n) is 7.76. The van der Waals surface area contributed by atoms with Crippen molar-refractivity contribution in [2.24, 2.45) is 0 Å². The van der Waals surface area contributed by atoms with Gasteiger partial charge in [-0.25, -0.2) is 4.98 Å². The molecule has 8 heteroatoms. The average Bonchev–Trinajstić information content (AvgIpc) is 3.24. The molecule has 0 saturated heterocycles. The van der Waals surface area contributed by atoms with E-state index in [0.717, 1.165) is 23.6 Å². The lowest BCUT2D eigenvalue weighted by Gasteiger charge is -2.10. The summed E-state index contributed by atoms with van der Waals surface area (Å²) in [5.74, 6) is 1.54. The van der Waals surface area contributed by atoms with Crippen molar-refractivity contribution in [2.45, 2.75) is 13.3 Å². The van der Waals surface area contributed by atoms with Crippen LogP contribution in [0.4, 0.5) is 0 Å². The van der Waals surface area contributed by atoms with Crippen LogP contribution in [0.2, 0.25) is 0 Å². The Morgan fingerprint density at radius 2 is 2.04 bits per heavy atom. The number of benzene rings is 1. The minimum atomic E-state index is -0.150. The monoisotopic (exact) mass is 363 g/mol. The number of ether oxygens (including phenoxy) is 2. The first-order valence-corrected chi connectivity index (χ1v) is 8.64. The van der Waals surface area contributed by atoms with Gasteiger partial charge in [0.25, 0.3) is 0 Å². The zero-order chi connectivity index (χ0) is 18.1. The van der Waals surface area contributed by atoms with Crippen LogP contribution < -0.4 is 14.8 Å². The van der Waals surface area contributed by atoms with E-state index in [1.165, 1.54) is 9.78 Å². The van der Waals surface area contributed by atoms with Crippen molar-refractivity contribution in [3.8, 4) is 11.5 Å². The molecule has 0 aliphatic carbocycles. The van der Waals surface area contributed by atoms with Gasteiger partial charge in [-0.15, -0.1) is 11.3 Å². The zero-order valence-corrected chi connectivity index (χ0v) is 15.0. The molecule has 7 nitrogen and oxygen atoms in total. The number of carbonyl (C=O) groups excluding carboxylic acids is 2. The highest BCUT2D eigenvalue weighted by Crippen LogP contribution is 2.30. The van der Waals surface area contributed by atoms with Gasteiger partial charge in [0.15, 0.2) is 11.5 Å². The number of aromatic nitrogens is 1. The molecule has 2 heterocycles. The molecule has 0 radical (unpaired) electrons. The Bertz CT molecular complexity index is 682. The van der Waals surface area contributed by atoms with Gasteiger partial charge in [-0.3, -0.25) is 9.59 Å². The third-order valence-electron chi connectivity index (χ3n) is 3.38. The number of thiazole rings is 1. The second-order valence-electron chi connectivity index (χ2n) is 5.33. The van der Waals surface area contributed by atoms with E-state index in [-0.39, 0.29) is 12.5 Å². The highest BCUT2D eigenvalue weighted by Gasteiger charge is 2.09. The SMILES string of the molecule is Cc1scnc1CCNC(=O)CN(C)C=O.c1ccc2c(c1)OCO2. The minimum Gasteiger partial charge on any atom is -0.454 e. The normalized spacial score (nSPS) is 11.3. The summed E-state index contributed by atoms with van der Waals surface area (Å²) < 4.78 is 10.2. The molecule has 0 bridgehead atoms. The van der Waals surface area contributed by atoms with Crippen LogP contribution >= 0.6 is 11.3 Å². The van der Waals surface area contributed by atoms with Crippen molar-refractivity contribution in [3.05, 3.63) is 40.3 Å². The standard InChI is InChI=1S/C10H15N3O2S.C7H6O2/c1-8-9(12-6-16-8)3-4-11-10(15)5-13(2)7-14;1-2-4-7-6(3-1)8-5-9-7/h6-7H,3-5H2,1-2H3,(H,11,15);1-4H,5H2. The van der Waals surface area contributed by atoms with E-state index >= 15 is 0 Å². The molecule has 0 atom stereocenters. The largest absolute Gasteiger partial charge is 0.454 e. The second kappa shape index (κ2) is 9.63. The van der Waals surface area contributed by atoms with Crippen molar-refractivity contribution < 1.29 is 19.1 Å². The highest BCUT2D eigenvalue weighted by molar-refractivity contribution is 7.09. The van der Waals surface area contributed by atoms with Gasteiger partial charge in [-0.1, -0.05) is 12.1 Å². The van der Waals surface area contributed by atoms with Crippen molar-refractivity contribution in [2.75, 3.05) is 26.9 Å². The summed E-state index contributed by atoms with van der Waals surface area (Å²) >= 11 is 1.60. The van der Waals surface area contributed by atoms with Gasteiger partial charge in [0, 0.05) is 24.9 Å². The third-order valence-corrected chi connectivity index (χ3v) is 4.18. The van der Waals surface area contributed by atoms with Crippen LogP contribution in [0, 0.1) is 6.92 Å². The summed E-state index contributed by atoms with van der Waals surface area (Å²) in [6, 6.07) is 7.63. The predicted molar refractivity (Wildman–Crippen MR) is 94.8 cm³/mol. The van der Waals surface area contributed by atoms with Gasteiger partial charge in [-0.05, 0) is 19.1 Å². The smallest absolute Gasteiger partial charge is 0.239 e. The zero-order valence-electron chi connectivity index (χ0n) is 14.2. The highest BCUT2D eigenvalue weighted by atomic mass is 32.1. The predicted octanol–water partition coefficient (Wildman–Crippen LogP) is 1.61. The summed E-state index contributed by atoms with van der Waals surface area (Å²) in [4.78, 5) is 28.2. The molecule has 1 aromatic carbocycles. The van der Waals surface area contributed by atoms with E-state index in [4.69, 9.17) is 9.47 Å². The fraction of sp³-hybridized carbons (Fsp3) is 0.353. The first kappa shape index (κ1) is 18.7. The van der Waals surface area contributed by atoms with Gasteiger partial charge >= 0.3 is 0 Å². The fourth-order valence-corrected chi connectivity index (χ4v) is 2.68. The van der Waals surface area contributed by atoms with E-state index in [2.05, 4.69) is 10.3 Å². The molecule has 2 aromatic rings. The fourth-order valence-electron chi connectivity index (χ4n) is 2.05. The second-order valence-corrected chi connectivity index (χ2v) is 6.39. The molecule has 0 unspecified atom stereocenters. The summed E-state index contributed by atoms with van der Waals surface area (Å²) in [6.45, 7) is 3.02. The van der Waals surface area contributed by atoms with E-state index in [0.29, 0.717) is 19.7 Å². The van der Waals surface area contributed by atoms with Crippen LogP contribution in [0.15, 0.2) is 29.8 Å². The Morgan fingerprint density at radius 1 is 1.36 bits per heavy atom. The molecule has 1 aliphatic rings. The van der Waals surface area contributed by atoms with Crippen molar-refractivity contribution in [1.29, 1.82) is 0 Å². The van der Waals surface area contributed by atoms with Crippen molar-refractivity contribution >= 4 is 23.7 Å². The molecule has 3 rings (SSSR count). The number of fused-ring (bicyclic) bond motifs is 1. The lowest BCUT2D eigenvalue weighted by Crippen LogP contribution is -2.35. The molecule has 0 spiro atoms. The van der Waals surface area contributed by atoms with E-state index in [9.17, 15) is 9.59 Å². The summed E-state index contributed by atoms with van der Waals surface area (Å²) in [7, 11) is 1.57. The number of rotatable bonds is 6. The topological polar surface area (TPSA) is 80.8 Å². The van der Waals surface area contributed by atoms with Crippen LogP contribution in [0.1, 0.15) is 10.6 Å². The quantitative estimate of drug-likeness (QED) is 0.789. The number of nitrogens with one attached hydrogen (secondary N) is 1. The number of aryl methyl sites for hydroxylation is 1. The number of likely N-dealkylation sites (N-methyl/N-ethyl adjacent to an activating group) is 1. The third kappa shape index (κ3) is 6.07. The lowest BCUT2D eigenvalue weighted by molar-refractivity contribution is -0.127. The number of carbonyl (C=O) groups is 2. The van der Waals surface area contributed by atoms with E-state index in [1.807, 2.05) is 31.2 Å². The van der Waals surface area contributed by atoms with Crippen molar-refractivity contribution in [1.82, 2.24) is 15.2 Å². The maximum atomic E-state index is 11.3. The van der Waals surface area contributed by atoms with Crippen LogP contribution in [0.25, 0.3) is 0 Å². The first-order chi connectivity index (χ1) is 12.1. The van der Waals surface area contributed by atoms with Crippen LogP contribution in [-0.4, -0.2) is 49.1 Å². The molecule has 1 aromatic heterocycles. The Labute approximate surface area is 150 Å². The van der Waals surface area contributed by atoms with Gasteiger partial charge < -0.3 is 19.7 Å². The van der Waals surface area contributed by atoms with Gasteiger partial charge in [-0.2, -0.15) is 0 Å². The maximum Gasteiger partial charge on any atom is 0.239 e. The molecule has 134 valence electrons. The molecule has 0 fully saturated rings. The summed E-state index contributed by atoms with van der Waals surface area (Å²) in [5, 5.41) is 2.74. The molecule has 1 aliphatic heterocycles. The molecule has 2 amide bonds. The Balaban J connectivity index is 0.000000208. The number of nitrogens with zero attached hydrogens (tertiary/aromatic N) is 2. The van der Waals surface area contributed by atoms with Gasteiger partial charge in [0.05, 0.1) is 17.7 Å². The number of hydrogen-bond acceptors (Lipinski definition) is 6. The minimum absolute atomic E-state index is 0.0968. The number of para-hydroxylation sites is 2. The van der Waals surface area contributed by atoms with Crippen LogP contribution in [-0.2, 0) is 16.0 Å². The Morgan fingerprint density at radius 3 is 2.60 bits per heavy atom. The molecule has 25 heavy (non-hydrogen) atoms. The van der Waals surface area contributed by atoms with Crippen LogP contribution in [0.3, 0.4) is 0 Å². The molecule has 1 N–H and O–H groups in total. The Hall–Kier alpha value is -2.61. The Kier molecular flexibility index (Phi) is 7.21. The van der Waals surface area contributed by atoms with E-state index in [1.54, 1.807) is 23.9 Å². The molecular weight excluding hydrogens is 342 g/mol. The van der Waals surface area contributed by atoms with Gasteiger partial charge in [0.2, 0.25) is 19.1 Å². The molecule has 0 saturated carbocycles.